The van der Waals surface area contributed by atoms with Gasteiger partial charge in [0.25, 0.3) is 0 Å². The average molecular weight is 542 g/mol. The largest absolute Gasteiger partial charge is 0.359 e. The van der Waals surface area contributed by atoms with E-state index in [2.05, 4.69) is 24.5 Å². The predicted octanol–water partition coefficient (Wildman–Crippen LogP) is 4.79. The molecule has 4 aliphatic rings. The number of likely N-dealkylation sites (tertiary alicyclic amines) is 1. The molecule has 3 heterocycles. The summed E-state index contributed by atoms with van der Waals surface area (Å²) >= 11 is 0. The van der Waals surface area contributed by atoms with Crippen LogP contribution in [0.2, 0.25) is 0 Å². The molecule has 0 unspecified atom stereocenters. The number of hydrogen-bond donors (Lipinski definition) is 2. The number of benzene rings is 2. The Morgan fingerprint density at radius 1 is 1.05 bits per heavy atom. The molecule has 1 aliphatic carbocycles. The maximum Gasteiger partial charge on any atom is 0.246 e. The molecular formula is C33H39N3O4. The summed E-state index contributed by atoms with van der Waals surface area (Å²) in [6, 6.07) is 16.1. The number of aryl methyl sites for hydroxylation is 1. The second-order valence-corrected chi connectivity index (χ2v) is 12.3. The Labute approximate surface area is 236 Å². The van der Waals surface area contributed by atoms with Crippen molar-refractivity contribution >= 4 is 23.4 Å². The van der Waals surface area contributed by atoms with E-state index in [1.807, 2.05) is 80.6 Å². The monoisotopic (exact) mass is 541 g/mol. The van der Waals surface area contributed by atoms with Crippen LogP contribution in [0.4, 0.5) is 5.69 Å². The van der Waals surface area contributed by atoms with Crippen LogP contribution in [0.3, 0.4) is 0 Å². The third kappa shape index (κ3) is 4.26. The summed E-state index contributed by atoms with van der Waals surface area (Å²) in [7, 11) is 0. The molecule has 2 aromatic rings. The summed E-state index contributed by atoms with van der Waals surface area (Å²) in [5.41, 5.74) is 1.46. The highest BCUT2D eigenvalue weighted by molar-refractivity contribution is 6.03. The van der Waals surface area contributed by atoms with Crippen molar-refractivity contribution in [1.29, 1.82) is 0 Å². The van der Waals surface area contributed by atoms with Gasteiger partial charge in [0.15, 0.2) is 0 Å². The number of amides is 3. The first-order valence-electron chi connectivity index (χ1n) is 14.6. The van der Waals surface area contributed by atoms with E-state index < -0.39 is 29.6 Å². The number of nitrogens with zero attached hydrogens (tertiary/aromatic N) is 1. The molecular weight excluding hydrogens is 502 g/mol. The fourth-order valence-corrected chi connectivity index (χ4v) is 7.51. The van der Waals surface area contributed by atoms with Crippen LogP contribution in [-0.4, -0.2) is 46.4 Å². The number of rotatable bonds is 6. The van der Waals surface area contributed by atoms with E-state index in [4.69, 9.17) is 4.74 Å². The Bertz CT molecular complexity index is 1340. The molecule has 6 rings (SSSR count). The zero-order chi connectivity index (χ0) is 28.2. The van der Waals surface area contributed by atoms with Gasteiger partial charge < -0.3 is 20.3 Å². The lowest BCUT2D eigenvalue weighted by atomic mass is 9.73. The highest BCUT2D eigenvalue weighted by Gasteiger charge is 2.73. The Balaban J connectivity index is 1.35. The summed E-state index contributed by atoms with van der Waals surface area (Å²) in [5, 5.41) is 6.34. The fraction of sp³-hybridized carbons (Fsp3) is 0.485. The van der Waals surface area contributed by atoms with E-state index >= 15 is 0 Å². The molecule has 2 aromatic carbocycles. The van der Waals surface area contributed by atoms with Crippen LogP contribution >= 0.6 is 0 Å². The van der Waals surface area contributed by atoms with Crippen LogP contribution in [0.25, 0.3) is 0 Å². The van der Waals surface area contributed by atoms with Gasteiger partial charge in [-0.15, -0.1) is 0 Å². The first-order valence-corrected chi connectivity index (χ1v) is 14.6. The van der Waals surface area contributed by atoms with Crippen molar-refractivity contribution in [2.24, 2.45) is 23.7 Å². The first kappa shape index (κ1) is 26.8. The van der Waals surface area contributed by atoms with E-state index in [9.17, 15) is 14.4 Å². The van der Waals surface area contributed by atoms with Crippen molar-refractivity contribution in [2.75, 3.05) is 5.32 Å². The van der Waals surface area contributed by atoms with E-state index in [0.717, 1.165) is 30.4 Å². The molecule has 3 fully saturated rings. The van der Waals surface area contributed by atoms with Crippen molar-refractivity contribution in [1.82, 2.24) is 10.2 Å². The lowest BCUT2D eigenvalue weighted by molar-refractivity contribution is -0.144. The van der Waals surface area contributed by atoms with Crippen LogP contribution in [0.5, 0.6) is 0 Å². The number of anilines is 1. The quantitative estimate of drug-likeness (QED) is 0.515. The van der Waals surface area contributed by atoms with E-state index in [-0.39, 0.29) is 29.8 Å². The summed E-state index contributed by atoms with van der Waals surface area (Å²) < 4.78 is 6.54. The third-order valence-electron chi connectivity index (χ3n) is 9.88. The zero-order valence-corrected chi connectivity index (χ0v) is 23.7. The van der Waals surface area contributed by atoms with Gasteiger partial charge in [-0.1, -0.05) is 81.3 Å². The van der Waals surface area contributed by atoms with E-state index in [0.29, 0.717) is 17.5 Å². The van der Waals surface area contributed by atoms with Crippen molar-refractivity contribution in [3.8, 4) is 0 Å². The number of carbonyl (C=O) groups is 3. The van der Waals surface area contributed by atoms with Crippen LogP contribution in [0, 0.1) is 30.6 Å². The van der Waals surface area contributed by atoms with Crippen LogP contribution in [0.1, 0.15) is 57.2 Å². The van der Waals surface area contributed by atoms with Crippen molar-refractivity contribution in [3.05, 3.63) is 77.9 Å². The summed E-state index contributed by atoms with van der Waals surface area (Å²) in [6.45, 7) is 8.36. The minimum atomic E-state index is -1.19. The van der Waals surface area contributed by atoms with Crippen molar-refractivity contribution in [3.63, 3.8) is 0 Å². The standard InChI is InChI=1S/C33H39N3O4/c1-19-10-8-14-24(18-19)34-30(37)27-26-16-17-33(40-26)28(27)32(39)36(22(4)23-12-6-5-7-13-23)29(33)31(38)35-25-15-9-11-20(2)21(25)3/h5-8,10,12-14,16-18,20-22,25-29H,9,11,15H2,1-4H3,(H,34,37)(H,35,38)/t20-,21-,22+,25+,26+,27-,28+,29+,33+/m0/s1. The SMILES string of the molecule is Cc1cccc(NC(=O)[C@H]2[C@H]3C=C[C@@]4(O3)[C@H]2C(=O)N([C@H](C)c2ccccc2)[C@@H]4C(=O)N[C@@H]2CCC[C@H](C)[C@@H]2C)c1. The molecule has 0 radical (unpaired) electrons. The second kappa shape index (κ2) is 10.2. The van der Waals surface area contributed by atoms with Crippen molar-refractivity contribution in [2.45, 2.75) is 76.8 Å². The predicted molar refractivity (Wildman–Crippen MR) is 153 cm³/mol. The average Bonchev–Trinajstić information content (AvgIpc) is 3.58. The zero-order valence-electron chi connectivity index (χ0n) is 23.7. The highest BCUT2D eigenvalue weighted by Crippen LogP contribution is 2.56. The number of nitrogens with one attached hydrogen (secondary N) is 2. The fourth-order valence-electron chi connectivity index (χ4n) is 7.51. The molecule has 2 saturated heterocycles. The van der Waals surface area contributed by atoms with Gasteiger partial charge in [0.05, 0.1) is 24.0 Å². The normalized spacial score (nSPS) is 35.0. The minimum Gasteiger partial charge on any atom is -0.359 e. The summed E-state index contributed by atoms with van der Waals surface area (Å²) in [5.74, 6) is -1.32. The molecule has 1 saturated carbocycles. The number of ether oxygens (including phenoxy) is 1. The third-order valence-corrected chi connectivity index (χ3v) is 9.88. The van der Waals surface area contributed by atoms with Crippen LogP contribution in [-0.2, 0) is 19.1 Å². The maximum absolute atomic E-state index is 14.4. The Hall–Kier alpha value is -3.45. The molecule has 40 heavy (non-hydrogen) atoms. The Morgan fingerprint density at radius 3 is 2.58 bits per heavy atom. The minimum absolute atomic E-state index is 0.0404. The van der Waals surface area contributed by atoms with Gasteiger partial charge >= 0.3 is 0 Å². The molecule has 7 nitrogen and oxygen atoms in total. The lowest BCUT2D eigenvalue weighted by Crippen LogP contribution is -2.58. The molecule has 3 aliphatic heterocycles. The van der Waals surface area contributed by atoms with Gasteiger partial charge in [0, 0.05) is 11.7 Å². The molecule has 2 N–H and O–H groups in total. The number of carbonyl (C=O) groups excluding carboxylic acids is 3. The Kier molecular flexibility index (Phi) is 6.81. The molecule has 0 aromatic heterocycles. The van der Waals surface area contributed by atoms with E-state index in [1.165, 1.54) is 0 Å². The molecule has 7 heteroatoms. The summed E-state index contributed by atoms with van der Waals surface area (Å²) in [6.07, 6.45) is 6.33. The topological polar surface area (TPSA) is 87.7 Å². The van der Waals surface area contributed by atoms with Gasteiger partial charge in [0.2, 0.25) is 17.7 Å². The second-order valence-electron chi connectivity index (χ2n) is 12.3. The smallest absolute Gasteiger partial charge is 0.246 e. The van der Waals surface area contributed by atoms with Crippen molar-refractivity contribution < 1.29 is 19.1 Å². The molecule has 9 atom stereocenters. The van der Waals surface area contributed by atoms with E-state index in [1.54, 1.807) is 4.90 Å². The molecule has 2 bridgehead atoms. The van der Waals surface area contributed by atoms with Gasteiger partial charge in [-0.05, 0) is 55.4 Å². The first-order chi connectivity index (χ1) is 19.2. The van der Waals surface area contributed by atoms with Gasteiger partial charge in [0.1, 0.15) is 11.6 Å². The van der Waals surface area contributed by atoms with Gasteiger partial charge in [-0.25, -0.2) is 0 Å². The van der Waals surface area contributed by atoms with Crippen LogP contribution < -0.4 is 10.6 Å². The highest BCUT2D eigenvalue weighted by atomic mass is 16.5. The Morgan fingerprint density at radius 2 is 1.82 bits per heavy atom. The molecule has 210 valence electrons. The van der Waals surface area contributed by atoms with Gasteiger partial charge in [-0.2, -0.15) is 0 Å². The molecule has 1 spiro atoms. The lowest BCUT2D eigenvalue weighted by Gasteiger charge is -2.39. The number of hydrogen-bond acceptors (Lipinski definition) is 4. The molecule has 3 amide bonds. The van der Waals surface area contributed by atoms with Crippen LogP contribution in [0.15, 0.2) is 66.7 Å². The summed E-state index contributed by atoms with van der Waals surface area (Å²) in [4.78, 5) is 44.1. The maximum atomic E-state index is 14.4. The van der Waals surface area contributed by atoms with Gasteiger partial charge in [-0.3, -0.25) is 14.4 Å². The number of fused-ring (bicyclic) bond motifs is 1.